The van der Waals surface area contributed by atoms with Crippen LogP contribution in [0, 0.1) is 0 Å². The van der Waals surface area contributed by atoms with Gasteiger partial charge in [0.15, 0.2) is 0 Å². The number of hydrogen-bond acceptors (Lipinski definition) is 4. The molecule has 64 valence electrons. The minimum atomic E-state index is -1.24. The Hall–Kier alpha value is -0.750. The SMILES string of the molecule is NC(C(=O)O)C(S)CC(=O)O. The first-order valence-electron chi connectivity index (χ1n) is 2.83. The molecular formula is C5H9NO4S. The summed E-state index contributed by atoms with van der Waals surface area (Å²) in [6.45, 7) is 0. The van der Waals surface area contributed by atoms with Crippen molar-refractivity contribution in [2.24, 2.45) is 5.73 Å². The normalized spacial score (nSPS) is 15.5. The molecule has 11 heavy (non-hydrogen) atoms. The molecule has 0 aromatic rings. The van der Waals surface area contributed by atoms with Crippen molar-refractivity contribution in [3.05, 3.63) is 0 Å². The molecule has 0 rings (SSSR count). The summed E-state index contributed by atoms with van der Waals surface area (Å²) in [4.78, 5) is 20.2. The Morgan fingerprint density at radius 1 is 1.45 bits per heavy atom. The number of nitrogens with two attached hydrogens (primary N) is 1. The Morgan fingerprint density at radius 3 is 2.18 bits per heavy atom. The molecule has 0 radical (unpaired) electrons. The maximum Gasteiger partial charge on any atom is 0.321 e. The average molecular weight is 179 g/mol. The van der Waals surface area contributed by atoms with Crippen molar-refractivity contribution in [1.29, 1.82) is 0 Å². The molecule has 0 bridgehead atoms. The van der Waals surface area contributed by atoms with Crippen LogP contribution in [0.2, 0.25) is 0 Å². The van der Waals surface area contributed by atoms with E-state index in [0.717, 1.165) is 0 Å². The molecule has 0 amide bonds. The Balaban J connectivity index is 3.92. The van der Waals surface area contributed by atoms with Crippen LogP contribution in [0.15, 0.2) is 0 Å². The highest BCUT2D eigenvalue weighted by molar-refractivity contribution is 7.81. The smallest absolute Gasteiger partial charge is 0.321 e. The molecular weight excluding hydrogens is 170 g/mol. The number of aliphatic carboxylic acids is 2. The Kier molecular flexibility index (Phi) is 3.91. The van der Waals surface area contributed by atoms with E-state index < -0.39 is 23.2 Å². The zero-order chi connectivity index (χ0) is 9.02. The molecule has 0 spiro atoms. The number of carboxylic acids is 2. The van der Waals surface area contributed by atoms with E-state index in [-0.39, 0.29) is 6.42 Å². The number of thiol groups is 1. The van der Waals surface area contributed by atoms with Crippen LogP contribution in [0.4, 0.5) is 0 Å². The third-order valence-corrected chi connectivity index (χ3v) is 1.59. The van der Waals surface area contributed by atoms with Gasteiger partial charge in [-0.2, -0.15) is 12.6 Å². The maximum atomic E-state index is 10.2. The van der Waals surface area contributed by atoms with Crippen molar-refractivity contribution in [2.45, 2.75) is 17.7 Å². The largest absolute Gasteiger partial charge is 0.481 e. The minimum Gasteiger partial charge on any atom is -0.481 e. The fourth-order valence-corrected chi connectivity index (χ4v) is 0.754. The molecule has 0 aliphatic heterocycles. The summed E-state index contributed by atoms with van der Waals surface area (Å²) in [5, 5.41) is 15.7. The number of rotatable bonds is 4. The minimum absolute atomic E-state index is 0.351. The monoisotopic (exact) mass is 179 g/mol. The standard InChI is InChI=1S/C5H9NO4S/c6-4(5(9)10)2(11)1-3(7)8/h2,4,11H,1,6H2,(H,7,8)(H,9,10). The van der Waals surface area contributed by atoms with Crippen molar-refractivity contribution in [3.8, 4) is 0 Å². The van der Waals surface area contributed by atoms with Crippen LogP contribution >= 0.6 is 12.6 Å². The molecule has 0 fully saturated rings. The molecule has 5 nitrogen and oxygen atoms in total. The van der Waals surface area contributed by atoms with Gasteiger partial charge >= 0.3 is 11.9 Å². The zero-order valence-electron chi connectivity index (χ0n) is 5.60. The summed E-state index contributed by atoms with van der Waals surface area (Å²) >= 11 is 3.72. The Bertz CT molecular complexity index is 172. The van der Waals surface area contributed by atoms with Crippen LogP contribution in [0.25, 0.3) is 0 Å². The van der Waals surface area contributed by atoms with E-state index in [4.69, 9.17) is 15.9 Å². The van der Waals surface area contributed by atoms with Crippen molar-refractivity contribution < 1.29 is 19.8 Å². The quantitative estimate of drug-likeness (QED) is 0.422. The summed E-state index contributed by atoms with van der Waals surface area (Å²) in [7, 11) is 0. The van der Waals surface area contributed by atoms with Crippen molar-refractivity contribution in [1.82, 2.24) is 0 Å². The van der Waals surface area contributed by atoms with Gasteiger partial charge in [-0.05, 0) is 0 Å². The Labute approximate surface area is 68.6 Å². The Morgan fingerprint density at radius 2 is 1.91 bits per heavy atom. The summed E-state index contributed by atoms with van der Waals surface area (Å²) in [5.74, 6) is -2.35. The highest BCUT2D eigenvalue weighted by Gasteiger charge is 2.22. The highest BCUT2D eigenvalue weighted by atomic mass is 32.1. The lowest BCUT2D eigenvalue weighted by Crippen LogP contribution is -2.39. The van der Waals surface area contributed by atoms with E-state index in [9.17, 15) is 9.59 Å². The molecule has 0 saturated carbocycles. The van der Waals surface area contributed by atoms with Crippen LogP contribution in [0.5, 0.6) is 0 Å². The molecule has 2 unspecified atom stereocenters. The van der Waals surface area contributed by atoms with Crippen molar-refractivity contribution in [2.75, 3.05) is 0 Å². The van der Waals surface area contributed by atoms with Crippen LogP contribution in [-0.2, 0) is 9.59 Å². The lowest BCUT2D eigenvalue weighted by molar-refractivity contribution is -0.139. The molecule has 0 heterocycles. The van der Waals surface area contributed by atoms with E-state index in [1.807, 2.05) is 0 Å². The predicted molar refractivity (Wildman–Crippen MR) is 40.6 cm³/mol. The van der Waals surface area contributed by atoms with Gasteiger partial charge in [0.25, 0.3) is 0 Å². The van der Waals surface area contributed by atoms with Gasteiger partial charge in [-0.1, -0.05) is 0 Å². The number of hydrogen-bond donors (Lipinski definition) is 4. The fraction of sp³-hybridized carbons (Fsp3) is 0.600. The highest BCUT2D eigenvalue weighted by Crippen LogP contribution is 2.05. The number of carbonyl (C=O) groups is 2. The fourth-order valence-electron chi connectivity index (χ4n) is 0.470. The second-order valence-corrected chi connectivity index (χ2v) is 2.69. The van der Waals surface area contributed by atoms with Gasteiger partial charge in [0.05, 0.1) is 6.42 Å². The van der Waals surface area contributed by atoms with Crippen molar-refractivity contribution >= 4 is 24.6 Å². The van der Waals surface area contributed by atoms with Gasteiger partial charge in [-0.15, -0.1) is 0 Å². The van der Waals surface area contributed by atoms with E-state index in [1.54, 1.807) is 0 Å². The second-order valence-electron chi connectivity index (χ2n) is 2.03. The van der Waals surface area contributed by atoms with Gasteiger partial charge in [0.2, 0.25) is 0 Å². The van der Waals surface area contributed by atoms with E-state index in [0.29, 0.717) is 0 Å². The third-order valence-electron chi connectivity index (χ3n) is 1.08. The first-order chi connectivity index (χ1) is 4.95. The molecule has 0 aliphatic rings. The topological polar surface area (TPSA) is 101 Å². The zero-order valence-corrected chi connectivity index (χ0v) is 6.49. The van der Waals surface area contributed by atoms with Gasteiger partial charge in [0, 0.05) is 5.25 Å². The van der Waals surface area contributed by atoms with E-state index >= 15 is 0 Å². The molecule has 2 atom stereocenters. The summed E-state index contributed by atoms with van der Waals surface area (Å²) < 4.78 is 0. The molecule has 0 aromatic heterocycles. The van der Waals surface area contributed by atoms with Crippen molar-refractivity contribution in [3.63, 3.8) is 0 Å². The lowest BCUT2D eigenvalue weighted by atomic mass is 10.1. The van der Waals surface area contributed by atoms with Gasteiger partial charge in [0.1, 0.15) is 6.04 Å². The molecule has 0 aliphatic carbocycles. The molecule has 0 saturated heterocycles. The van der Waals surface area contributed by atoms with Gasteiger partial charge in [-0.25, -0.2) is 0 Å². The third kappa shape index (κ3) is 3.84. The summed E-state index contributed by atoms with van der Waals surface area (Å²) in [6.07, 6.45) is -0.351. The average Bonchev–Trinajstić information content (AvgIpc) is 1.84. The van der Waals surface area contributed by atoms with Crippen LogP contribution in [0.3, 0.4) is 0 Å². The van der Waals surface area contributed by atoms with Crippen LogP contribution < -0.4 is 5.73 Å². The lowest BCUT2D eigenvalue weighted by Gasteiger charge is -2.11. The first-order valence-corrected chi connectivity index (χ1v) is 3.35. The second kappa shape index (κ2) is 4.20. The van der Waals surface area contributed by atoms with Gasteiger partial charge in [-0.3, -0.25) is 9.59 Å². The molecule has 6 heteroatoms. The molecule has 0 aromatic carbocycles. The summed E-state index contributed by atoms with van der Waals surface area (Å²) in [6, 6.07) is -1.23. The first kappa shape index (κ1) is 10.2. The predicted octanol–water partition coefficient (Wildman–Crippen LogP) is -0.829. The van der Waals surface area contributed by atoms with Crippen LogP contribution in [0.1, 0.15) is 6.42 Å². The number of carboxylic acid groups (broad SMARTS) is 2. The molecule has 4 N–H and O–H groups in total. The van der Waals surface area contributed by atoms with E-state index in [1.165, 1.54) is 0 Å². The van der Waals surface area contributed by atoms with Crippen LogP contribution in [-0.4, -0.2) is 33.4 Å². The summed E-state index contributed by atoms with van der Waals surface area (Å²) in [5.41, 5.74) is 5.07. The van der Waals surface area contributed by atoms with E-state index in [2.05, 4.69) is 12.6 Å². The van der Waals surface area contributed by atoms with Gasteiger partial charge < -0.3 is 15.9 Å². The maximum absolute atomic E-state index is 10.2.